The summed E-state index contributed by atoms with van der Waals surface area (Å²) in [7, 11) is 0. The van der Waals surface area contributed by atoms with Crippen molar-refractivity contribution in [1.29, 1.82) is 0 Å². The summed E-state index contributed by atoms with van der Waals surface area (Å²) >= 11 is 6.11. The summed E-state index contributed by atoms with van der Waals surface area (Å²) in [6.07, 6.45) is 1.84. The first kappa shape index (κ1) is 13.1. The average Bonchev–Trinajstić information content (AvgIpc) is 2.82. The molecule has 3 nitrogen and oxygen atoms in total. The highest BCUT2D eigenvalue weighted by Gasteiger charge is 2.09. The van der Waals surface area contributed by atoms with Gasteiger partial charge in [0.25, 0.3) is 0 Å². The number of aryl methyl sites for hydroxylation is 2. The van der Waals surface area contributed by atoms with Crippen LogP contribution >= 0.6 is 11.6 Å². The average molecular weight is 265 g/mol. The van der Waals surface area contributed by atoms with E-state index in [9.17, 15) is 0 Å². The zero-order valence-corrected chi connectivity index (χ0v) is 11.4. The molecular weight excluding hydrogens is 248 g/mol. The van der Waals surface area contributed by atoms with Crippen LogP contribution in [0.3, 0.4) is 0 Å². The molecule has 0 aliphatic heterocycles. The molecule has 2 rings (SSSR count). The third-order valence-electron chi connectivity index (χ3n) is 3.01. The van der Waals surface area contributed by atoms with Crippen LogP contribution in [0.25, 0.3) is 5.69 Å². The topological polar surface area (TPSA) is 38.0 Å². The number of nitrogens with zero attached hydrogens (tertiary/aromatic N) is 2. The van der Waals surface area contributed by atoms with E-state index in [1.807, 2.05) is 22.9 Å². The van der Waals surface area contributed by atoms with Gasteiger partial charge in [-0.15, -0.1) is 0 Å². The van der Waals surface area contributed by atoms with Gasteiger partial charge in [0.05, 0.1) is 18.0 Å². The Hall–Kier alpha value is -1.32. The van der Waals surface area contributed by atoms with E-state index in [1.54, 1.807) is 0 Å². The monoisotopic (exact) mass is 264 g/mol. The predicted molar refractivity (Wildman–Crippen MR) is 73.3 cm³/mol. The van der Waals surface area contributed by atoms with Crippen LogP contribution in [0.1, 0.15) is 30.8 Å². The standard InChI is InChI=1S/C14H17ClN2O/c1-3-11-7-12(4-2)17(16-11)13-6-5-10(9-18)14(15)8-13/h5-8,18H,3-4,9H2,1-2H3. The number of benzene rings is 1. The van der Waals surface area contributed by atoms with Crippen molar-refractivity contribution in [2.75, 3.05) is 0 Å². The Kier molecular flexibility index (Phi) is 4.04. The van der Waals surface area contributed by atoms with Gasteiger partial charge < -0.3 is 5.11 Å². The zero-order chi connectivity index (χ0) is 13.1. The zero-order valence-electron chi connectivity index (χ0n) is 10.7. The molecule has 0 spiro atoms. The van der Waals surface area contributed by atoms with Crippen LogP contribution in [0, 0.1) is 0 Å². The molecule has 0 aliphatic rings. The Bertz CT molecular complexity index is 549. The lowest BCUT2D eigenvalue weighted by Gasteiger charge is -2.08. The molecule has 0 amide bonds. The third-order valence-corrected chi connectivity index (χ3v) is 3.36. The summed E-state index contributed by atoms with van der Waals surface area (Å²) in [4.78, 5) is 0. The predicted octanol–water partition coefficient (Wildman–Crippen LogP) is 3.14. The summed E-state index contributed by atoms with van der Waals surface area (Å²) in [6, 6.07) is 7.74. The SMILES string of the molecule is CCc1cc(CC)n(-c2ccc(CO)c(Cl)c2)n1. The molecule has 0 saturated heterocycles. The van der Waals surface area contributed by atoms with Crippen molar-refractivity contribution in [2.45, 2.75) is 33.3 Å². The van der Waals surface area contributed by atoms with E-state index >= 15 is 0 Å². The Morgan fingerprint density at radius 1 is 1.22 bits per heavy atom. The maximum atomic E-state index is 9.12. The van der Waals surface area contributed by atoms with Crippen LogP contribution in [-0.4, -0.2) is 14.9 Å². The molecule has 1 aromatic heterocycles. The molecule has 0 bridgehead atoms. The van der Waals surface area contributed by atoms with Gasteiger partial charge in [-0.1, -0.05) is 31.5 Å². The molecule has 0 atom stereocenters. The van der Waals surface area contributed by atoms with E-state index in [2.05, 4.69) is 25.0 Å². The van der Waals surface area contributed by atoms with Crippen LogP contribution in [0.15, 0.2) is 24.3 Å². The van der Waals surface area contributed by atoms with Crippen LogP contribution < -0.4 is 0 Å². The second kappa shape index (κ2) is 5.55. The van der Waals surface area contributed by atoms with E-state index in [0.717, 1.165) is 29.8 Å². The minimum Gasteiger partial charge on any atom is -0.392 e. The van der Waals surface area contributed by atoms with E-state index in [1.165, 1.54) is 5.69 Å². The lowest BCUT2D eigenvalue weighted by Crippen LogP contribution is -2.02. The first-order chi connectivity index (χ1) is 8.69. The van der Waals surface area contributed by atoms with Gasteiger partial charge in [-0.3, -0.25) is 0 Å². The highest BCUT2D eigenvalue weighted by Crippen LogP contribution is 2.22. The lowest BCUT2D eigenvalue weighted by molar-refractivity contribution is 0.282. The Labute approximate surface area is 112 Å². The maximum absolute atomic E-state index is 9.12. The van der Waals surface area contributed by atoms with Crippen molar-refractivity contribution >= 4 is 11.6 Å². The summed E-state index contributed by atoms with van der Waals surface area (Å²) in [5.41, 5.74) is 3.92. The van der Waals surface area contributed by atoms with Crippen LogP contribution in [0.2, 0.25) is 5.02 Å². The van der Waals surface area contributed by atoms with E-state index in [4.69, 9.17) is 16.7 Å². The van der Waals surface area contributed by atoms with Crippen LogP contribution in [-0.2, 0) is 19.4 Å². The fourth-order valence-electron chi connectivity index (χ4n) is 1.92. The quantitative estimate of drug-likeness (QED) is 0.921. The number of rotatable bonds is 4. The molecule has 4 heteroatoms. The third kappa shape index (κ3) is 2.42. The normalized spacial score (nSPS) is 10.9. The molecule has 0 fully saturated rings. The molecule has 18 heavy (non-hydrogen) atoms. The van der Waals surface area contributed by atoms with E-state index in [0.29, 0.717) is 5.02 Å². The highest BCUT2D eigenvalue weighted by atomic mass is 35.5. The minimum atomic E-state index is -0.0426. The van der Waals surface area contributed by atoms with Gasteiger partial charge in [-0.25, -0.2) is 4.68 Å². The summed E-state index contributed by atoms with van der Waals surface area (Å²) in [5, 5.41) is 14.3. The minimum absolute atomic E-state index is 0.0426. The fourth-order valence-corrected chi connectivity index (χ4v) is 2.15. The Morgan fingerprint density at radius 3 is 2.56 bits per heavy atom. The van der Waals surface area contributed by atoms with Crippen molar-refractivity contribution in [2.24, 2.45) is 0 Å². The molecule has 1 heterocycles. The second-order valence-corrected chi connectivity index (χ2v) is 4.59. The van der Waals surface area contributed by atoms with Gasteiger partial charge >= 0.3 is 0 Å². The Balaban J connectivity index is 2.47. The molecular formula is C14H17ClN2O. The van der Waals surface area contributed by atoms with Gasteiger partial charge in [-0.2, -0.15) is 5.10 Å². The first-order valence-electron chi connectivity index (χ1n) is 6.17. The number of aliphatic hydroxyl groups excluding tert-OH is 1. The number of halogens is 1. The molecule has 0 unspecified atom stereocenters. The van der Waals surface area contributed by atoms with E-state index in [-0.39, 0.29) is 6.61 Å². The van der Waals surface area contributed by atoms with Crippen molar-refractivity contribution in [3.05, 3.63) is 46.2 Å². The smallest absolute Gasteiger partial charge is 0.0696 e. The number of hydrogen-bond acceptors (Lipinski definition) is 2. The summed E-state index contributed by atoms with van der Waals surface area (Å²) in [6.45, 7) is 4.16. The van der Waals surface area contributed by atoms with Crippen molar-refractivity contribution in [3.8, 4) is 5.69 Å². The highest BCUT2D eigenvalue weighted by molar-refractivity contribution is 6.31. The fraction of sp³-hybridized carbons (Fsp3) is 0.357. The molecule has 2 aromatic rings. The van der Waals surface area contributed by atoms with Crippen LogP contribution in [0.4, 0.5) is 0 Å². The number of aliphatic hydroxyl groups is 1. The van der Waals surface area contributed by atoms with Gasteiger partial charge in [0.15, 0.2) is 0 Å². The summed E-state index contributed by atoms with van der Waals surface area (Å²) < 4.78 is 1.92. The van der Waals surface area contributed by atoms with Crippen molar-refractivity contribution in [3.63, 3.8) is 0 Å². The second-order valence-electron chi connectivity index (χ2n) is 4.18. The molecule has 96 valence electrons. The van der Waals surface area contributed by atoms with E-state index < -0.39 is 0 Å². The Morgan fingerprint density at radius 2 is 2.00 bits per heavy atom. The van der Waals surface area contributed by atoms with Crippen LogP contribution in [0.5, 0.6) is 0 Å². The summed E-state index contributed by atoms with van der Waals surface area (Å²) in [5.74, 6) is 0. The molecule has 1 N–H and O–H groups in total. The maximum Gasteiger partial charge on any atom is 0.0696 e. The molecule has 0 saturated carbocycles. The van der Waals surface area contributed by atoms with Gasteiger partial charge in [0.2, 0.25) is 0 Å². The molecule has 1 aromatic carbocycles. The first-order valence-corrected chi connectivity index (χ1v) is 6.54. The number of aromatic nitrogens is 2. The number of hydrogen-bond donors (Lipinski definition) is 1. The lowest BCUT2D eigenvalue weighted by atomic mass is 10.2. The molecule has 0 aliphatic carbocycles. The van der Waals surface area contributed by atoms with Gasteiger partial charge in [0.1, 0.15) is 0 Å². The van der Waals surface area contributed by atoms with Crippen molar-refractivity contribution < 1.29 is 5.11 Å². The molecule has 0 radical (unpaired) electrons. The van der Waals surface area contributed by atoms with Gasteiger partial charge in [0, 0.05) is 10.7 Å². The largest absolute Gasteiger partial charge is 0.392 e. The van der Waals surface area contributed by atoms with Crippen molar-refractivity contribution in [1.82, 2.24) is 9.78 Å². The van der Waals surface area contributed by atoms with Gasteiger partial charge in [-0.05, 0) is 36.6 Å².